The Bertz CT molecular complexity index is 782. The van der Waals surface area contributed by atoms with Crippen LogP contribution in [-0.4, -0.2) is 16.0 Å². The number of amides is 1. The lowest BCUT2D eigenvalue weighted by Crippen LogP contribution is -2.41. The zero-order valence-corrected chi connectivity index (χ0v) is 15.6. The second-order valence-electron chi connectivity index (χ2n) is 8.02. The zero-order chi connectivity index (χ0) is 18.2. The Kier molecular flexibility index (Phi) is 4.72. The van der Waals surface area contributed by atoms with Crippen LogP contribution < -0.4 is 5.32 Å². The van der Waals surface area contributed by atoms with Crippen molar-refractivity contribution < 1.29 is 9.18 Å². The summed E-state index contributed by atoms with van der Waals surface area (Å²) >= 11 is 0. The molecular weight excluding hydrogens is 315 g/mol. The normalized spacial score (nSPS) is 14.3. The number of hydrogen-bond donors (Lipinski definition) is 1. The summed E-state index contributed by atoms with van der Waals surface area (Å²) in [5.74, 6) is -0.262. The highest BCUT2D eigenvalue weighted by atomic mass is 19.1. The van der Waals surface area contributed by atoms with E-state index < -0.39 is 0 Å². The van der Waals surface area contributed by atoms with Crippen LogP contribution in [0.5, 0.6) is 0 Å². The lowest BCUT2D eigenvalue weighted by atomic mass is 9.95. The van der Waals surface area contributed by atoms with Crippen molar-refractivity contribution in [1.82, 2.24) is 9.88 Å². The molecule has 0 saturated heterocycles. The Morgan fingerprint density at radius 3 is 2.44 bits per heavy atom. The molecule has 0 radical (unpaired) electrons. The van der Waals surface area contributed by atoms with Crippen molar-refractivity contribution in [3.63, 3.8) is 0 Å². The van der Waals surface area contributed by atoms with Gasteiger partial charge in [-0.25, -0.2) is 4.39 Å². The summed E-state index contributed by atoms with van der Waals surface area (Å²) in [4.78, 5) is 13.0. The topological polar surface area (TPSA) is 34.0 Å². The van der Waals surface area contributed by atoms with Crippen LogP contribution in [0.25, 0.3) is 0 Å². The van der Waals surface area contributed by atoms with Gasteiger partial charge in [-0.3, -0.25) is 4.79 Å². The van der Waals surface area contributed by atoms with E-state index in [0.717, 1.165) is 36.1 Å². The maximum Gasteiger partial charge on any atom is 0.268 e. The van der Waals surface area contributed by atoms with E-state index in [1.165, 1.54) is 29.8 Å². The van der Waals surface area contributed by atoms with E-state index in [1.807, 2.05) is 20.8 Å². The molecule has 3 rings (SSSR count). The fourth-order valence-corrected chi connectivity index (χ4v) is 3.71. The van der Waals surface area contributed by atoms with Crippen molar-refractivity contribution in [2.45, 2.75) is 65.5 Å². The van der Waals surface area contributed by atoms with Crippen molar-refractivity contribution in [1.29, 1.82) is 0 Å². The van der Waals surface area contributed by atoms with E-state index in [4.69, 9.17) is 0 Å². The molecule has 1 aromatic carbocycles. The fourth-order valence-electron chi connectivity index (χ4n) is 3.71. The molecule has 0 bridgehead atoms. The Hall–Kier alpha value is -2.10. The van der Waals surface area contributed by atoms with Crippen LogP contribution in [0.15, 0.2) is 24.3 Å². The molecule has 0 atom stereocenters. The second kappa shape index (κ2) is 6.66. The highest BCUT2D eigenvalue weighted by molar-refractivity contribution is 5.95. The van der Waals surface area contributed by atoms with E-state index in [-0.39, 0.29) is 17.3 Å². The molecule has 0 unspecified atom stereocenters. The van der Waals surface area contributed by atoms with Gasteiger partial charge in [0.25, 0.3) is 5.91 Å². The predicted octanol–water partition coefficient (Wildman–Crippen LogP) is 4.39. The third kappa shape index (κ3) is 3.78. The molecule has 1 aliphatic carbocycles. The van der Waals surface area contributed by atoms with Crippen LogP contribution >= 0.6 is 0 Å². The SMILES string of the molecule is Cc1c2c(n(Cc3ccc(F)cc3)c1C(=O)NC(C)(C)C)CCCC2. The van der Waals surface area contributed by atoms with Crippen LogP contribution in [0.1, 0.15) is 66.5 Å². The monoisotopic (exact) mass is 342 g/mol. The van der Waals surface area contributed by atoms with Crippen LogP contribution in [0.4, 0.5) is 4.39 Å². The largest absolute Gasteiger partial charge is 0.346 e. The first-order chi connectivity index (χ1) is 11.8. The number of carbonyl (C=O) groups excluding carboxylic acids is 1. The first-order valence-electron chi connectivity index (χ1n) is 9.04. The molecule has 0 fully saturated rings. The number of nitrogens with one attached hydrogen (secondary N) is 1. The van der Waals surface area contributed by atoms with Crippen molar-refractivity contribution in [2.75, 3.05) is 0 Å². The van der Waals surface area contributed by atoms with Gasteiger partial charge < -0.3 is 9.88 Å². The summed E-state index contributed by atoms with van der Waals surface area (Å²) in [5.41, 5.74) is 5.17. The maximum atomic E-state index is 13.2. The molecule has 134 valence electrons. The van der Waals surface area contributed by atoms with E-state index in [9.17, 15) is 9.18 Å². The molecule has 3 nitrogen and oxygen atoms in total. The van der Waals surface area contributed by atoms with Crippen LogP contribution in [0.3, 0.4) is 0 Å². The van der Waals surface area contributed by atoms with Gasteiger partial charge in [-0.05, 0) is 82.2 Å². The van der Waals surface area contributed by atoms with Gasteiger partial charge in [-0.2, -0.15) is 0 Å². The van der Waals surface area contributed by atoms with Gasteiger partial charge in [0.15, 0.2) is 0 Å². The summed E-state index contributed by atoms with van der Waals surface area (Å²) in [5, 5.41) is 3.10. The number of halogens is 1. The smallest absolute Gasteiger partial charge is 0.268 e. The third-order valence-corrected chi connectivity index (χ3v) is 4.80. The van der Waals surface area contributed by atoms with Crippen LogP contribution in [0, 0.1) is 12.7 Å². The minimum absolute atomic E-state index is 0.0264. The highest BCUT2D eigenvalue weighted by Gasteiger charge is 2.27. The lowest BCUT2D eigenvalue weighted by Gasteiger charge is -2.22. The van der Waals surface area contributed by atoms with Gasteiger partial charge >= 0.3 is 0 Å². The quantitative estimate of drug-likeness (QED) is 0.882. The van der Waals surface area contributed by atoms with Crippen molar-refractivity contribution in [3.8, 4) is 0 Å². The highest BCUT2D eigenvalue weighted by Crippen LogP contribution is 2.30. The Labute approximate surface area is 149 Å². The van der Waals surface area contributed by atoms with E-state index >= 15 is 0 Å². The number of hydrogen-bond acceptors (Lipinski definition) is 1. The van der Waals surface area contributed by atoms with Crippen molar-refractivity contribution in [2.24, 2.45) is 0 Å². The summed E-state index contributed by atoms with van der Waals surface area (Å²) in [7, 11) is 0. The Balaban J connectivity index is 2.05. The van der Waals surface area contributed by atoms with E-state index in [1.54, 1.807) is 12.1 Å². The lowest BCUT2D eigenvalue weighted by molar-refractivity contribution is 0.0909. The number of rotatable bonds is 3. The minimum Gasteiger partial charge on any atom is -0.346 e. The number of nitrogens with zero attached hydrogens (tertiary/aromatic N) is 1. The summed E-state index contributed by atoms with van der Waals surface area (Å²) < 4.78 is 15.4. The summed E-state index contributed by atoms with van der Waals surface area (Å²) in [6.45, 7) is 8.64. The number of carbonyl (C=O) groups is 1. The predicted molar refractivity (Wildman–Crippen MR) is 98.5 cm³/mol. The third-order valence-electron chi connectivity index (χ3n) is 4.80. The molecule has 1 aliphatic rings. The zero-order valence-electron chi connectivity index (χ0n) is 15.6. The second-order valence-corrected chi connectivity index (χ2v) is 8.02. The molecular formula is C21H27FN2O. The molecule has 1 aromatic heterocycles. The van der Waals surface area contributed by atoms with Gasteiger partial charge in [0.1, 0.15) is 11.5 Å². The fraction of sp³-hybridized carbons (Fsp3) is 0.476. The standard InChI is InChI=1S/C21H27FN2O/c1-14-17-7-5-6-8-18(17)24(13-15-9-11-16(22)12-10-15)19(14)20(25)23-21(2,3)4/h9-12H,5-8,13H2,1-4H3,(H,23,25). The maximum absolute atomic E-state index is 13.2. The molecule has 1 amide bonds. The molecule has 0 spiro atoms. The van der Waals surface area contributed by atoms with E-state index in [0.29, 0.717) is 6.54 Å². The number of fused-ring (bicyclic) bond motifs is 1. The van der Waals surface area contributed by atoms with Crippen LogP contribution in [0.2, 0.25) is 0 Å². The molecule has 2 aromatic rings. The van der Waals surface area contributed by atoms with Crippen molar-refractivity contribution >= 4 is 5.91 Å². The summed E-state index contributed by atoms with van der Waals surface area (Å²) in [6, 6.07) is 6.55. The van der Waals surface area contributed by atoms with E-state index in [2.05, 4.69) is 16.8 Å². The van der Waals surface area contributed by atoms with Crippen LogP contribution in [-0.2, 0) is 19.4 Å². The molecule has 0 aliphatic heterocycles. The average Bonchev–Trinajstić information content (AvgIpc) is 2.81. The first kappa shape index (κ1) is 17.7. The number of aromatic nitrogens is 1. The average molecular weight is 342 g/mol. The number of benzene rings is 1. The van der Waals surface area contributed by atoms with Crippen molar-refractivity contribution in [3.05, 3.63) is 58.2 Å². The Morgan fingerprint density at radius 1 is 1.16 bits per heavy atom. The minimum atomic E-state index is -0.283. The Morgan fingerprint density at radius 2 is 1.80 bits per heavy atom. The molecule has 1 heterocycles. The molecule has 4 heteroatoms. The first-order valence-corrected chi connectivity index (χ1v) is 9.04. The van der Waals surface area contributed by atoms with Gasteiger partial charge in [0, 0.05) is 17.8 Å². The molecule has 25 heavy (non-hydrogen) atoms. The van der Waals surface area contributed by atoms with Gasteiger partial charge in [0.2, 0.25) is 0 Å². The van der Waals surface area contributed by atoms with Gasteiger partial charge in [-0.1, -0.05) is 12.1 Å². The molecule has 1 N–H and O–H groups in total. The van der Waals surface area contributed by atoms with Gasteiger partial charge in [-0.15, -0.1) is 0 Å². The van der Waals surface area contributed by atoms with Gasteiger partial charge in [0.05, 0.1) is 0 Å². The summed E-state index contributed by atoms with van der Waals surface area (Å²) in [6.07, 6.45) is 4.36. The molecule has 0 saturated carbocycles.